The van der Waals surface area contributed by atoms with E-state index in [0.717, 1.165) is 17.6 Å². The Kier molecular flexibility index (Phi) is 6.82. The van der Waals surface area contributed by atoms with Gasteiger partial charge in [0.2, 0.25) is 0 Å². The van der Waals surface area contributed by atoms with E-state index in [1.807, 2.05) is 13.0 Å². The third-order valence-electron chi connectivity index (χ3n) is 3.13. The lowest BCUT2D eigenvalue weighted by Gasteiger charge is -2.30. The minimum absolute atomic E-state index is 0.103. The van der Waals surface area contributed by atoms with Gasteiger partial charge in [0.1, 0.15) is 6.10 Å². The zero-order chi connectivity index (χ0) is 14.3. The molecular formula is C15H22O4. The molecule has 1 saturated heterocycles. The largest absolute Gasteiger partial charge is 0.390 e. The third kappa shape index (κ3) is 5.17. The molecule has 0 aromatic carbocycles. The monoisotopic (exact) mass is 266 g/mol. The fourth-order valence-electron chi connectivity index (χ4n) is 1.88. The smallest absolute Gasteiger partial charge is 0.160 e. The van der Waals surface area contributed by atoms with Crippen molar-refractivity contribution in [1.82, 2.24) is 0 Å². The Hall–Kier alpha value is -1.12. The van der Waals surface area contributed by atoms with E-state index in [4.69, 9.17) is 15.9 Å². The van der Waals surface area contributed by atoms with Crippen molar-refractivity contribution in [3.05, 3.63) is 23.3 Å². The summed E-state index contributed by atoms with van der Waals surface area (Å²) in [6.45, 7) is 4.56. The molecule has 4 nitrogen and oxygen atoms in total. The molecule has 1 rings (SSSR count). The summed E-state index contributed by atoms with van der Waals surface area (Å²) in [6, 6.07) is 0. The molecule has 2 N–H and O–H groups in total. The van der Waals surface area contributed by atoms with Gasteiger partial charge in [-0.1, -0.05) is 18.9 Å². The molecule has 0 amide bonds. The number of rotatable bonds is 5. The van der Waals surface area contributed by atoms with E-state index < -0.39 is 18.5 Å². The fraction of sp³-hybridized carbons (Fsp3) is 0.600. The van der Waals surface area contributed by atoms with Crippen molar-refractivity contribution in [2.75, 3.05) is 13.2 Å². The van der Waals surface area contributed by atoms with Gasteiger partial charge in [-0.05, 0) is 30.6 Å². The van der Waals surface area contributed by atoms with E-state index in [-0.39, 0.29) is 13.0 Å². The van der Waals surface area contributed by atoms with Crippen LogP contribution in [0, 0.1) is 12.3 Å². The first-order valence-corrected chi connectivity index (χ1v) is 6.49. The number of hydrogen-bond donors (Lipinski definition) is 2. The number of terminal acetylenes is 1. The third-order valence-corrected chi connectivity index (χ3v) is 3.13. The molecule has 1 aliphatic heterocycles. The lowest BCUT2D eigenvalue weighted by Crippen LogP contribution is -2.42. The van der Waals surface area contributed by atoms with Crippen LogP contribution in [-0.4, -0.2) is 41.9 Å². The zero-order valence-electron chi connectivity index (χ0n) is 11.5. The quantitative estimate of drug-likeness (QED) is 0.583. The summed E-state index contributed by atoms with van der Waals surface area (Å²) in [6.07, 6.45) is 7.85. The first-order chi connectivity index (χ1) is 9.08. The van der Waals surface area contributed by atoms with Gasteiger partial charge in [0.05, 0.1) is 19.3 Å². The Morgan fingerprint density at radius 1 is 1.47 bits per heavy atom. The van der Waals surface area contributed by atoms with Gasteiger partial charge >= 0.3 is 0 Å². The molecule has 106 valence electrons. The lowest BCUT2D eigenvalue weighted by atomic mass is 10.1. The molecule has 0 aromatic rings. The first-order valence-electron chi connectivity index (χ1n) is 6.49. The summed E-state index contributed by atoms with van der Waals surface area (Å²) in [5, 5.41) is 18.9. The zero-order valence-corrected chi connectivity index (χ0v) is 11.5. The lowest BCUT2D eigenvalue weighted by molar-refractivity contribution is -0.213. The van der Waals surface area contributed by atoms with Gasteiger partial charge in [-0.15, -0.1) is 6.42 Å². The highest BCUT2D eigenvalue weighted by atomic mass is 16.7. The average Bonchev–Trinajstić information content (AvgIpc) is 2.41. The Labute approximate surface area is 114 Å². The van der Waals surface area contributed by atoms with Crippen molar-refractivity contribution in [3.8, 4) is 12.3 Å². The fourth-order valence-corrected chi connectivity index (χ4v) is 1.88. The Morgan fingerprint density at radius 3 is 2.79 bits per heavy atom. The van der Waals surface area contributed by atoms with E-state index in [9.17, 15) is 10.2 Å². The molecule has 0 aromatic heterocycles. The van der Waals surface area contributed by atoms with Crippen LogP contribution in [0.3, 0.4) is 0 Å². The van der Waals surface area contributed by atoms with E-state index in [1.54, 1.807) is 6.08 Å². The molecule has 0 aliphatic carbocycles. The van der Waals surface area contributed by atoms with Crippen LogP contribution in [0.4, 0.5) is 0 Å². The van der Waals surface area contributed by atoms with Crippen LogP contribution in [-0.2, 0) is 9.47 Å². The molecular weight excluding hydrogens is 244 g/mol. The van der Waals surface area contributed by atoms with Crippen LogP contribution in [0.2, 0.25) is 0 Å². The molecule has 0 bridgehead atoms. The molecule has 1 fully saturated rings. The van der Waals surface area contributed by atoms with Crippen molar-refractivity contribution in [2.45, 2.75) is 45.2 Å². The topological polar surface area (TPSA) is 58.9 Å². The van der Waals surface area contributed by atoms with Gasteiger partial charge in [-0.3, -0.25) is 0 Å². The van der Waals surface area contributed by atoms with Crippen LogP contribution in [0.15, 0.2) is 23.3 Å². The van der Waals surface area contributed by atoms with Crippen LogP contribution in [0.5, 0.6) is 0 Å². The standard InChI is InChI=1S/C15H22O4/c1-4-6-7-12(5-2)11(3)9-18-15-8-13(16)14(17)10-19-15/h1,6-7,13-17H,5,8-10H2,2-3H3/b7-6-,12-11+/t13-,14+,15+/m0/s1. The summed E-state index contributed by atoms with van der Waals surface area (Å²) >= 11 is 0. The van der Waals surface area contributed by atoms with Crippen LogP contribution in [0.25, 0.3) is 0 Å². The number of allylic oxidation sites excluding steroid dienone is 3. The maximum atomic E-state index is 9.53. The molecule has 3 atom stereocenters. The molecule has 1 aliphatic rings. The minimum atomic E-state index is -0.818. The van der Waals surface area contributed by atoms with Gasteiger partial charge in [-0.25, -0.2) is 0 Å². The highest BCUT2D eigenvalue weighted by molar-refractivity contribution is 5.28. The molecule has 1 heterocycles. The Balaban J connectivity index is 2.49. The van der Waals surface area contributed by atoms with Crippen LogP contribution < -0.4 is 0 Å². The molecule has 0 spiro atoms. The predicted octanol–water partition coefficient (Wildman–Crippen LogP) is 1.39. The molecule has 0 unspecified atom stereocenters. The highest BCUT2D eigenvalue weighted by Crippen LogP contribution is 2.17. The van der Waals surface area contributed by atoms with Gasteiger partial charge in [0.25, 0.3) is 0 Å². The Bertz CT molecular complexity index is 378. The Morgan fingerprint density at radius 2 is 2.21 bits per heavy atom. The summed E-state index contributed by atoms with van der Waals surface area (Å²) in [4.78, 5) is 0. The van der Waals surface area contributed by atoms with E-state index in [2.05, 4.69) is 12.8 Å². The van der Waals surface area contributed by atoms with E-state index in [0.29, 0.717) is 6.61 Å². The summed E-state index contributed by atoms with van der Waals surface area (Å²) < 4.78 is 10.9. The van der Waals surface area contributed by atoms with Gasteiger partial charge in [-0.2, -0.15) is 0 Å². The number of hydrogen-bond acceptors (Lipinski definition) is 4. The molecule has 19 heavy (non-hydrogen) atoms. The summed E-state index contributed by atoms with van der Waals surface area (Å²) in [5.41, 5.74) is 2.22. The molecule has 0 radical (unpaired) electrons. The highest BCUT2D eigenvalue weighted by Gasteiger charge is 2.28. The van der Waals surface area contributed by atoms with Crippen molar-refractivity contribution in [3.63, 3.8) is 0 Å². The number of aliphatic hydroxyl groups excluding tert-OH is 2. The average molecular weight is 266 g/mol. The number of aliphatic hydroxyl groups is 2. The van der Waals surface area contributed by atoms with Gasteiger partial charge < -0.3 is 19.7 Å². The predicted molar refractivity (Wildman–Crippen MR) is 73.3 cm³/mol. The molecule has 0 saturated carbocycles. The van der Waals surface area contributed by atoms with Gasteiger partial charge in [0.15, 0.2) is 6.29 Å². The van der Waals surface area contributed by atoms with Crippen molar-refractivity contribution < 1.29 is 19.7 Å². The maximum Gasteiger partial charge on any atom is 0.160 e. The minimum Gasteiger partial charge on any atom is -0.390 e. The van der Waals surface area contributed by atoms with Crippen molar-refractivity contribution >= 4 is 0 Å². The maximum absolute atomic E-state index is 9.53. The summed E-state index contributed by atoms with van der Waals surface area (Å²) in [7, 11) is 0. The van der Waals surface area contributed by atoms with Crippen LogP contribution in [0.1, 0.15) is 26.7 Å². The normalized spacial score (nSPS) is 29.1. The number of ether oxygens (including phenoxy) is 2. The van der Waals surface area contributed by atoms with Crippen molar-refractivity contribution in [2.24, 2.45) is 0 Å². The van der Waals surface area contributed by atoms with E-state index in [1.165, 1.54) is 0 Å². The van der Waals surface area contributed by atoms with E-state index >= 15 is 0 Å². The second-order valence-electron chi connectivity index (χ2n) is 4.60. The summed E-state index contributed by atoms with van der Waals surface area (Å²) in [5.74, 6) is 2.46. The first kappa shape index (κ1) is 15.9. The second-order valence-corrected chi connectivity index (χ2v) is 4.60. The SMILES string of the molecule is C#C/C=C\C(CC)=C(/C)CO[C@H]1C[C@H](O)[C@H](O)CO1. The van der Waals surface area contributed by atoms with Gasteiger partial charge in [0, 0.05) is 6.42 Å². The second kappa shape index (κ2) is 8.13. The molecule has 4 heteroatoms. The van der Waals surface area contributed by atoms with Crippen LogP contribution >= 0.6 is 0 Å². The van der Waals surface area contributed by atoms with Crippen molar-refractivity contribution in [1.29, 1.82) is 0 Å².